The molecule has 0 atom stereocenters. The molecule has 1 N–H and O–H groups in total. The molecular weight excluding hydrogens is 294 g/mol. The highest BCUT2D eigenvalue weighted by Crippen LogP contribution is 2.30. The molecule has 122 valence electrons. The van der Waals surface area contributed by atoms with Crippen molar-refractivity contribution >= 4 is 5.91 Å². The Morgan fingerprint density at radius 1 is 1.00 bits per heavy atom. The number of methoxy groups -OCH3 is 3. The van der Waals surface area contributed by atoms with Crippen LogP contribution in [0.25, 0.3) is 0 Å². The molecule has 2 rings (SSSR count). The maximum atomic E-state index is 12.1. The van der Waals surface area contributed by atoms with Crippen LogP contribution in [0.4, 0.5) is 0 Å². The van der Waals surface area contributed by atoms with Crippen LogP contribution in [0, 0.1) is 0 Å². The van der Waals surface area contributed by atoms with E-state index in [-0.39, 0.29) is 5.91 Å². The third kappa shape index (κ3) is 4.39. The third-order valence-electron chi connectivity index (χ3n) is 3.46. The van der Waals surface area contributed by atoms with Crippen molar-refractivity contribution < 1.29 is 19.0 Å². The predicted molar refractivity (Wildman–Crippen MR) is 88.1 cm³/mol. The molecule has 0 aromatic heterocycles. The molecule has 0 bridgehead atoms. The van der Waals surface area contributed by atoms with Crippen LogP contribution in [0.3, 0.4) is 0 Å². The largest absolute Gasteiger partial charge is 0.497 e. The molecule has 0 aliphatic heterocycles. The maximum absolute atomic E-state index is 12.1. The van der Waals surface area contributed by atoms with Crippen molar-refractivity contribution in [2.45, 2.75) is 13.0 Å². The van der Waals surface area contributed by atoms with Gasteiger partial charge in [0.15, 0.2) is 11.5 Å². The van der Waals surface area contributed by atoms with Gasteiger partial charge in [-0.15, -0.1) is 0 Å². The van der Waals surface area contributed by atoms with E-state index < -0.39 is 0 Å². The summed E-state index contributed by atoms with van der Waals surface area (Å²) in [5, 5.41) is 2.90. The Hall–Kier alpha value is -2.69. The van der Waals surface area contributed by atoms with Gasteiger partial charge >= 0.3 is 0 Å². The standard InChI is InChI=1S/C18H21NO4/c1-21-15-8-4-6-13(10-15)11-17(20)19-12-14-7-5-9-16(22-2)18(14)23-3/h4-10H,11-12H2,1-3H3,(H,19,20). The van der Waals surface area contributed by atoms with Gasteiger partial charge in [-0.2, -0.15) is 0 Å². The Bertz CT molecular complexity index is 670. The molecule has 0 aliphatic rings. The summed E-state index contributed by atoms with van der Waals surface area (Å²) in [4.78, 5) is 12.1. The van der Waals surface area contributed by atoms with Crippen molar-refractivity contribution in [2.75, 3.05) is 21.3 Å². The molecule has 0 fully saturated rings. The lowest BCUT2D eigenvalue weighted by Crippen LogP contribution is -2.24. The number of benzene rings is 2. The second kappa shape index (κ2) is 8.08. The fraction of sp³-hybridized carbons (Fsp3) is 0.278. The lowest BCUT2D eigenvalue weighted by Gasteiger charge is -2.13. The fourth-order valence-electron chi connectivity index (χ4n) is 2.32. The summed E-state index contributed by atoms with van der Waals surface area (Å²) in [7, 11) is 4.77. The molecule has 0 heterocycles. The molecule has 1 amide bonds. The van der Waals surface area contributed by atoms with E-state index in [1.807, 2.05) is 42.5 Å². The van der Waals surface area contributed by atoms with Gasteiger partial charge in [-0.1, -0.05) is 24.3 Å². The van der Waals surface area contributed by atoms with E-state index in [1.165, 1.54) is 0 Å². The quantitative estimate of drug-likeness (QED) is 0.853. The average molecular weight is 315 g/mol. The van der Waals surface area contributed by atoms with Crippen LogP contribution < -0.4 is 19.5 Å². The molecule has 0 saturated heterocycles. The highest BCUT2D eigenvalue weighted by molar-refractivity contribution is 5.78. The predicted octanol–water partition coefficient (Wildman–Crippen LogP) is 2.57. The number of para-hydroxylation sites is 1. The summed E-state index contributed by atoms with van der Waals surface area (Å²) >= 11 is 0. The number of carbonyl (C=O) groups is 1. The van der Waals surface area contributed by atoms with Crippen molar-refractivity contribution in [3.8, 4) is 17.2 Å². The zero-order valence-electron chi connectivity index (χ0n) is 13.6. The first-order valence-electron chi connectivity index (χ1n) is 7.27. The molecule has 0 spiro atoms. The van der Waals surface area contributed by atoms with E-state index in [2.05, 4.69) is 5.32 Å². The van der Waals surface area contributed by atoms with E-state index in [1.54, 1.807) is 21.3 Å². The van der Waals surface area contributed by atoms with E-state index >= 15 is 0 Å². The molecule has 0 unspecified atom stereocenters. The Kier molecular flexibility index (Phi) is 5.86. The van der Waals surface area contributed by atoms with E-state index in [4.69, 9.17) is 14.2 Å². The average Bonchev–Trinajstić information content (AvgIpc) is 2.59. The van der Waals surface area contributed by atoms with Crippen molar-refractivity contribution in [1.29, 1.82) is 0 Å². The molecule has 0 aliphatic carbocycles. The summed E-state index contributed by atoms with van der Waals surface area (Å²) in [6, 6.07) is 13.0. The van der Waals surface area contributed by atoms with E-state index in [9.17, 15) is 4.79 Å². The third-order valence-corrected chi connectivity index (χ3v) is 3.46. The molecule has 23 heavy (non-hydrogen) atoms. The van der Waals surface area contributed by atoms with Gasteiger partial charge in [0.2, 0.25) is 5.91 Å². The van der Waals surface area contributed by atoms with Crippen molar-refractivity contribution in [1.82, 2.24) is 5.32 Å². The Morgan fingerprint density at radius 3 is 2.48 bits per heavy atom. The minimum atomic E-state index is -0.0665. The summed E-state index contributed by atoms with van der Waals surface area (Å²) in [6.45, 7) is 0.378. The summed E-state index contributed by atoms with van der Waals surface area (Å²) in [5.41, 5.74) is 1.77. The smallest absolute Gasteiger partial charge is 0.224 e. The number of rotatable bonds is 7. The highest BCUT2D eigenvalue weighted by Gasteiger charge is 2.11. The molecular formula is C18H21NO4. The van der Waals surface area contributed by atoms with Crippen LogP contribution in [-0.4, -0.2) is 27.2 Å². The van der Waals surface area contributed by atoms with Crippen LogP contribution in [0.2, 0.25) is 0 Å². The number of nitrogens with one attached hydrogen (secondary N) is 1. The normalized spacial score (nSPS) is 10.0. The van der Waals surface area contributed by atoms with Gasteiger partial charge in [0.25, 0.3) is 0 Å². The van der Waals surface area contributed by atoms with Crippen LogP contribution in [0.5, 0.6) is 17.2 Å². The van der Waals surface area contributed by atoms with Crippen LogP contribution in [0.15, 0.2) is 42.5 Å². The molecule has 0 saturated carbocycles. The van der Waals surface area contributed by atoms with E-state index in [0.29, 0.717) is 24.5 Å². The molecule has 5 nitrogen and oxygen atoms in total. The number of carbonyl (C=O) groups excluding carboxylic acids is 1. The second-order valence-electron chi connectivity index (χ2n) is 4.96. The SMILES string of the molecule is COc1cccc(CC(=O)NCc2cccc(OC)c2OC)c1. The van der Waals surface area contributed by atoms with Gasteiger partial charge in [-0.3, -0.25) is 4.79 Å². The molecule has 2 aromatic rings. The fourth-order valence-corrected chi connectivity index (χ4v) is 2.32. The first-order valence-corrected chi connectivity index (χ1v) is 7.27. The van der Waals surface area contributed by atoms with Crippen molar-refractivity contribution in [2.24, 2.45) is 0 Å². The van der Waals surface area contributed by atoms with Gasteiger partial charge in [0.05, 0.1) is 27.8 Å². The first-order chi connectivity index (χ1) is 11.2. The lowest BCUT2D eigenvalue weighted by atomic mass is 10.1. The Balaban J connectivity index is 1.99. The van der Waals surface area contributed by atoms with Gasteiger partial charge in [-0.05, 0) is 23.8 Å². The molecule has 0 radical (unpaired) electrons. The summed E-state index contributed by atoms with van der Waals surface area (Å²) in [6.07, 6.45) is 0.295. The zero-order valence-corrected chi connectivity index (χ0v) is 13.6. The Labute approximate surface area is 136 Å². The number of amides is 1. The van der Waals surface area contributed by atoms with Crippen LogP contribution >= 0.6 is 0 Å². The second-order valence-corrected chi connectivity index (χ2v) is 4.96. The van der Waals surface area contributed by atoms with Gasteiger partial charge in [0, 0.05) is 12.1 Å². The van der Waals surface area contributed by atoms with Crippen LogP contribution in [0.1, 0.15) is 11.1 Å². The van der Waals surface area contributed by atoms with Gasteiger partial charge in [-0.25, -0.2) is 0 Å². The topological polar surface area (TPSA) is 56.8 Å². The number of ether oxygens (including phenoxy) is 3. The monoisotopic (exact) mass is 315 g/mol. The maximum Gasteiger partial charge on any atom is 0.224 e. The number of hydrogen-bond acceptors (Lipinski definition) is 4. The van der Waals surface area contributed by atoms with Gasteiger partial charge < -0.3 is 19.5 Å². The zero-order chi connectivity index (χ0) is 16.7. The first kappa shape index (κ1) is 16.7. The summed E-state index contributed by atoms with van der Waals surface area (Å²) in [5.74, 6) is 1.96. The lowest BCUT2D eigenvalue weighted by molar-refractivity contribution is -0.120. The minimum Gasteiger partial charge on any atom is -0.497 e. The van der Waals surface area contributed by atoms with Crippen LogP contribution in [-0.2, 0) is 17.8 Å². The van der Waals surface area contributed by atoms with E-state index in [0.717, 1.165) is 16.9 Å². The van der Waals surface area contributed by atoms with Gasteiger partial charge in [0.1, 0.15) is 5.75 Å². The van der Waals surface area contributed by atoms with Crippen molar-refractivity contribution in [3.05, 3.63) is 53.6 Å². The molecule has 5 heteroatoms. The highest BCUT2D eigenvalue weighted by atomic mass is 16.5. The summed E-state index contributed by atoms with van der Waals surface area (Å²) < 4.78 is 15.8. The minimum absolute atomic E-state index is 0.0665. The number of hydrogen-bond donors (Lipinski definition) is 1. The van der Waals surface area contributed by atoms with Crippen molar-refractivity contribution in [3.63, 3.8) is 0 Å². The molecule has 2 aromatic carbocycles. The Morgan fingerprint density at radius 2 is 1.78 bits per heavy atom.